The van der Waals surface area contributed by atoms with E-state index in [9.17, 15) is 17.6 Å². The predicted octanol–water partition coefficient (Wildman–Crippen LogP) is 4.49. The Morgan fingerprint density at radius 1 is 1.00 bits per heavy atom. The highest BCUT2D eigenvalue weighted by atomic mass is 19.4. The molecule has 15 heavy (non-hydrogen) atoms. The van der Waals surface area contributed by atoms with Crippen molar-refractivity contribution < 1.29 is 17.6 Å². The number of halogens is 4. The molecule has 0 atom stereocenters. The van der Waals surface area contributed by atoms with Crippen molar-refractivity contribution in [3.05, 3.63) is 34.6 Å². The van der Waals surface area contributed by atoms with Gasteiger partial charge in [-0.15, -0.1) is 0 Å². The van der Waals surface area contributed by atoms with Crippen molar-refractivity contribution in [2.45, 2.75) is 33.9 Å². The molecular weight excluding hydrogens is 208 g/mol. The zero-order chi connectivity index (χ0) is 12.2. The highest BCUT2D eigenvalue weighted by molar-refractivity contribution is 5.33. The Hall–Kier alpha value is -1.06. The summed E-state index contributed by atoms with van der Waals surface area (Å²) >= 11 is 0. The van der Waals surface area contributed by atoms with Crippen molar-refractivity contribution in [2.24, 2.45) is 0 Å². The summed E-state index contributed by atoms with van der Waals surface area (Å²) < 4.78 is 49.4. The summed E-state index contributed by atoms with van der Waals surface area (Å²) in [5.74, 6) is -1.17. The second-order valence-electron chi connectivity index (χ2n) is 2.87. The third-order valence-corrected chi connectivity index (χ3v) is 1.96. The summed E-state index contributed by atoms with van der Waals surface area (Å²) in [5, 5.41) is 0. The quantitative estimate of drug-likeness (QED) is 0.567. The lowest BCUT2D eigenvalue weighted by Crippen LogP contribution is -2.09. The summed E-state index contributed by atoms with van der Waals surface area (Å²) in [6.07, 6.45) is -4.61. The number of aryl methyl sites for hydroxylation is 1. The van der Waals surface area contributed by atoms with E-state index in [1.807, 2.05) is 13.8 Å². The molecule has 1 aromatic rings. The van der Waals surface area contributed by atoms with Gasteiger partial charge in [-0.05, 0) is 31.0 Å². The number of alkyl halides is 3. The number of hydrogen-bond donors (Lipinski definition) is 0. The Kier molecular flexibility index (Phi) is 4.78. The van der Waals surface area contributed by atoms with Gasteiger partial charge in [-0.25, -0.2) is 4.39 Å². The van der Waals surface area contributed by atoms with Crippen LogP contribution in [0.3, 0.4) is 0 Å². The fourth-order valence-corrected chi connectivity index (χ4v) is 1.00. The molecule has 0 aliphatic carbocycles. The van der Waals surface area contributed by atoms with Gasteiger partial charge in [0.25, 0.3) is 0 Å². The molecule has 0 spiro atoms. The molecule has 0 aliphatic rings. The van der Waals surface area contributed by atoms with Crippen LogP contribution in [0.15, 0.2) is 12.1 Å². The van der Waals surface area contributed by atoms with E-state index in [2.05, 4.69) is 0 Å². The summed E-state index contributed by atoms with van der Waals surface area (Å²) in [4.78, 5) is 0. The molecule has 1 aromatic carbocycles. The Bertz CT molecular complexity index is 326. The normalized spacial score (nSPS) is 10.7. The molecule has 0 saturated heterocycles. The molecule has 0 saturated carbocycles. The summed E-state index contributed by atoms with van der Waals surface area (Å²) in [5.41, 5.74) is -0.629. The molecule has 0 heterocycles. The molecule has 86 valence electrons. The van der Waals surface area contributed by atoms with Crippen molar-refractivity contribution >= 4 is 0 Å². The van der Waals surface area contributed by atoms with Gasteiger partial charge in [0.2, 0.25) is 0 Å². The molecule has 0 amide bonds. The predicted molar refractivity (Wildman–Crippen MR) is 52.2 cm³/mol. The molecule has 0 fully saturated rings. The van der Waals surface area contributed by atoms with E-state index in [-0.39, 0.29) is 5.56 Å². The SMILES string of the molecule is CC.Cc1ccc(C(F)(F)F)c(F)c1C. The highest BCUT2D eigenvalue weighted by Gasteiger charge is 2.34. The first-order valence-electron chi connectivity index (χ1n) is 4.67. The Morgan fingerprint density at radius 2 is 1.47 bits per heavy atom. The van der Waals surface area contributed by atoms with Gasteiger partial charge in [0, 0.05) is 0 Å². The maximum atomic E-state index is 13.0. The van der Waals surface area contributed by atoms with Crippen LogP contribution in [0.25, 0.3) is 0 Å². The van der Waals surface area contributed by atoms with Gasteiger partial charge in [-0.2, -0.15) is 13.2 Å². The number of benzene rings is 1. The first-order valence-corrected chi connectivity index (χ1v) is 4.67. The summed E-state index contributed by atoms with van der Waals surface area (Å²) in [6, 6.07) is 2.03. The largest absolute Gasteiger partial charge is 0.419 e. The molecular formula is C11H14F4. The van der Waals surface area contributed by atoms with Gasteiger partial charge in [0.15, 0.2) is 0 Å². The lowest BCUT2D eigenvalue weighted by Gasteiger charge is -2.10. The zero-order valence-corrected chi connectivity index (χ0v) is 9.17. The van der Waals surface area contributed by atoms with Crippen LogP contribution in [0.4, 0.5) is 17.6 Å². The molecule has 1 rings (SSSR count). The number of hydrogen-bond acceptors (Lipinski definition) is 0. The molecule has 0 bridgehead atoms. The van der Waals surface area contributed by atoms with Gasteiger partial charge in [0.05, 0.1) is 5.56 Å². The third-order valence-electron chi connectivity index (χ3n) is 1.96. The van der Waals surface area contributed by atoms with Crippen molar-refractivity contribution in [3.63, 3.8) is 0 Å². The van der Waals surface area contributed by atoms with E-state index in [1.54, 1.807) is 6.92 Å². The van der Waals surface area contributed by atoms with Crippen LogP contribution in [-0.2, 0) is 6.18 Å². The van der Waals surface area contributed by atoms with Gasteiger partial charge in [-0.1, -0.05) is 19.9 Å². The second kappa shape index (κ2) is 5.14. The first-order chi connectivity index (χ1) is 6.84. The van der Waals surface area contributed by atoms with Crippen LogP contribution < -0.4 is 0 Å². The second-order valence-corrected chi connectivity index (χ2v) is 2.87. The summed E-state index contributed by atoms with van der Waals surface area (Å²) in [6.45, 7) is 6.90. The smallest absolute Gasteiger partial charge is 0.206 e. The van der Waals surface area contributed by atoms with Crippen molar-refractivity contribution in [1.29, 1.82) is 0 Å². The van der Waals surface area contributed by atoms with Gasteiger partial charge in [0.1, 0.15) is 5.82 Å². The summed E-state index contributed by atoms with van der Waals surface area (Å²) in [7, 11) is 0. The highest BCUT2D eigenvalue weighted by Crippen LogP contribution is 2.32. The molecule has 0 aromatic heterocycles. The van der Waals surface area contributed by atoms with Crippen LogP contribution in [0, 0.1) is 19.7 Å². The van der Waals surface area contributed by atoms with Crippen LogP contribution >= 0.6 is 0 Å². The van der Waals surface area contributed by atoms with E-state index in [0.29, 0.717) is 5.56 Å². The van der Waals surface area contributed by atoms with Crippen molar-refractivity contribution in [1.82, 2.24) is 0 Å². The number of rotatable bonds is 0. The zero-order valence-electron chi connectivity index (χ0n) is 9.17. The van der Waals surface area contributed by atoms with Gasteiger partial charge < -0.3 is 0 Å². The lowest BCUT2D eigenvalue weighted by molar-refractivity contribution is -0.140. The van der Waals surface area contributed by atoms with Crippen molar-refractivity contribution in [3.8, 4) is 0 Å². The maximum Gasteiger partial charge on any atom is 0.419 e. The van der Waals surface area contributed by atoms with E-state index < -0.39 is 17.6 Å². The topological polar surface area (TPSA) is 0 Å². The Labute approximate surface area is 86.9 Å². The minimum Gasteiger partial charge on any atom is -0.206 e. The van der Waals surface area contributed by atoms with Crippen LogP contribution in [0.1, 0.15) is 30.5 Å². The van der Waals surface area contributed by atoms with Crippen molar-refractivity contribution in [2.75, 3.05) is 0 Å². The maximum absolute atomic E-state index is 13.0. The van der Waals surface area contributed by atoms with E-state index in [4.69, 9.17) is 0 Å². The molecule has 0 nitrogen and oxygen atoms in total. The van der Waals surface area contributed by atoms with Crippen LogP contribution in [0.2, 0.25) is 0 Å². The van der Waals surface area contributed by atoms with E-state index in [1.165, 1.54) is 13.0 Å². The fraction of sp³-hybridized carbons (Fsp3) is 0.455. The first kappa shape index (κ1) is 13.9. The Morgan fingerprint density at radius 3 is 1.87 bits per heavy atom. The molecule has 0 aliphatic heterocycles. The lowest BCUT2D eigenvalue weighted by atomic mass is 10.1. The van der Waals surface area contributed by atoms with Gasteiger partial charge >= 0.3 is 6.18 Å². The standard InChI is InChI=1S/C9H8F4.C2H6/c1-5-3-4-7(9(11,12)13)8(10)6(5)2;1-2/h3-4H,1-2H3;1-2H3. The van der Waals surface area contributed by atoms with E-state index in [0.717, 1.165) is 6.07 Å². The fourth-order valence-electron chi connectivity index (χ4n) is 1.00. The molecule has 4 heteroatoms. The average Bonchev–Trinajstić information content (AvgIpc) is 2.15. The minimum atomic E-state index is -4.61. The van der Waals surface area contributed by atoms with Gasteiger partial charge in [-0.3, -0.25) is 0 Å². The average molecular weight is 222 g/mol. The molecule has 0 N–H and O–H groups in total. The van der Waals surface area contributed by atoms with E-state index >= 15 is 0 Å². The Balaban J connectivity index is 0.000000921. The third kappa shape index (κ3) is 3.22. The monoisotopic (exact) mass is 222 g/mol. The van der Waals surface area contributed by atoms with Crippen LogP contribution in [-0.4, -0.2) is 0 Å². The minimum absolute atomic E-state index is 0.0508. The van der Waals surface area contributed by atoms with Crippen LogP contribution in [0.5, 0.6) is 0 Å². The molecule has 0 radical (unpaired) electrons. The molecule has 0 unspecified atom stereocenters.